The summed E-state index contributed by atoms with van der Waals surface area (Å²) in [5.41, 5.74) is 4.54. The summed E-state index contributed by atoms with van der Waals surface area (Å²) in [6.45, 7) is 0. The number of aromatic nitrogens is 1. The smallest absolute Gasteiger partial charge is 0.403 e. The van der Waals surface area contributed by atoms with Crippen LogP contribution < -0.4 is 10.5 Å². The molecule has 0 bridgehead atoms. The minimum absolute atomic E-state index is 0.192. The van der Waals surface area contributed by atoms with Crippen molar-refractivity contribution < 1.29 is 17.9 Å². The Hall–Kier alpha value is -1.24. The average molecular weight is 329 g/mol. The van der Waals surface area contributed by atoms with E-state index >= 15 is 0 Å². The number of pyridine rings is 1. The number of nitriles is 1. The number of nitrogens with zero attached hydrogens (tertiary/aromatic N) is 2. The average Bonchev–Trinajstić information content (AvgIpc) is 2.08. The van der Waals surface area contributed by atoms with E-state index in [1.165, 1.54) is 0 Å². The molecule has 0 atom stereocenters. The Kier molecular flexibility index (Phi) is 3.23. The summed E-state index contributed by atoms with van der Waals surface area (Å²) in [6.07, 6.45) is -4.84. The molecule has 0 aliphatic heterocycles. The minimum atomic E-state index is -4.84. The number of nitrogen functional groups attached to an aromatic ring is 1. The highest BCUT2D eigenvalue weighted by Gasteiger charge is 2.32. The van der Waals surface area contributed by atoms with E-state index in [4.69, 9.17) is 11.0 Å². The second-order valence-electron chi connectivity index (χ2n) is 2.37. The van der Waals surface area contributed by atoms with E-state index in [0.717, 1.165) is 6.07 Å². The molecule has 0 aliphatic carbocycles. The third-order valence-corrected chi connectivity index (χ3v) is 1.87. The van der Waals surface area contributed by atoms with Crippen molar-refractivity contribution in [3.63, 3.8) is 0 Å². The topological polar surface area (TPSA) is 71.9 Å². The van der Waals surface area contributed by atoms with Crippen LogP contribution in [0.15, 0.2) is 6.07 Å². The number of alkyl halides is 3. The Morgan fingerprint density at radius 3 is 2.60 bits per heavy atom. The lowest BCUT2D eigenvalue weighted by Gasteiger charge is -2.11. The van der Waals surface area contributed by atoms with E-state index < -0.39 is 17.8 Å². The van der Waals surface area contributed by atoms with Crippen LogP contribution in [0.5, 0.6) is 5.75 Å². The van der Waals surface area contributed by atoms with Crippen molar-refractivity contribution in [2.24, 2.45) is 0 Å². The molecule has 0 fully saturated rings. The summed E-state index contributed by atoms with van der Waals surface area (Å²) >= 11 is 1.66. The van der Waals surface area contributed by atoms with Gasteiger partial charge in [0.2, 0.25) is 0 Å². The number of ether oxygens (including phenoxy) is 1. The lowest BCUT2D eigenvalue weighted by Crippen LogP contribution is -2.18. The Labute approximate surface area is 96.0 Å². The van der Waals surface area contributed by atoms with Crippen molar-refractivity contribution in [2.45, 2.75) is 6.36 Å². The van der Waals surface area contributed by atoms with E-state index in [9.17, 15) is 13.2 Å². The van der Waals surface area contributed by atoms with Crippen LogP contribution in [-0.4, -0.2) is 11.3 Å². The zero-order chi connectivity index (χ0) is 11.6. The van der Waals surface area contributed by atoms with Crippen molar-refractivity contribution in [3.05, 3.63) is 15.5 Å². The number of anilines is 1. The van der Waals surface area contributed by atoms with Gasteiger partial charge in [0, 0.05) is 6.07 Å². The van der Waals surface area contributed by atoms with Gasteiger partial charge in [0.05, 0.1) is 0 Å². The summed E-state index contributed by atoms with van der Waals surface area (Å²) in [4.78, 5) is 3.64. The first-order valence-electron chi connectivity index (χ1n) is 3.45. The van der Waals surface area contributed by atoms with Gasteiger partial charge in [-0.15, -0.1) is 13.2 Å². The van der Waals surface area contributed by atoms with Gasteiger partial charge in [0.1, 0.15) is 15.5 Å². The zero-order valence-electron chi connectivity index (χ0n) is 6.97. The van der Waals surface area contributed by atoms with Crippen LogP contribution in [0, 0.1) is 15.0 Å². The standard InChI is InChI=1S/C7H3F3IN3O/c8-7(9,10)15-4-1-5(11)14-3(2-12)6(4)13/h1H,13H2. The number of nitrogens with two attached hydrogens (primary N) is 1. The van der Waals surface area contributed by atoms with E-state index in [0.29, 0.717) is 0 Å². The fourth-order valence-electron chi connectivity index (χ4n) is 0.796. The van der Waals surface area contributed by atoms with Crippen LogP contribution in [0.3, 0.4) is 0 Å². The quantitative estimate of drug-likeness (QED) is 0.632. The van der Waals surface area contributed by atoms with Crippen LogP contribution >= 0.6 is 22.6 Å². The lowest BCUT2D eigenvalue weighted by atomic mass is 10.3. The normalized spacial score (nSPS) is 10.9. The molecule has 0 radical (unpaired) electrons. The molecule has 0 aliphatic rings. The van der Waals surface area contributed by atoms with Gasteiger partial charge in [-0.25, -0.2) is 4.98 Å². The number of halogens is 4. The molecule has 1 rings (SSSR count). The van der Waals surface area contributed by atoms with E-state index in [1.807, 2.05) is 0 Å². The molecular formula is C7H3F3IN3O. The maximum atomic E-state index is 11.9. The Bertz CT molecular complexity index is 427. The Morgan fingerprint density at radius 1 is 1.53 bits per heavy atom. The molecule has 0 saturated carbocycles. The highest BCUT2D eigenvalue weighted by Crippen LogP contribution is 2.30. The molecule has 0 amide bonds. The van der Waals surface area contributed by atoms with Crippen LogP contribution in [0.4, 0.5) is 18.9 Å². The number of hydrogen-bond acceptors (Lipinski definition) is 4. The van der Waals surface area contributed by atoms with Crippen molar-refractivity contribution in [1.29, 1.82) is 5.26 Å². The predicted molar refractivity (Wildman–Crippen MR) is 52.8 cm³/mol. The first-order valence-corrected chi connectivity index (χ1v) is 4.53. The van der Waals surface area contributed by atoms with E-state index in [-0.39, 0.29) is 9.39 Å². The van der Waals surface area contributed by atoms with Crippen molar-refractivity contribution in [1.82, 2.24) is 4.98 Å². The summed E-state index contributed by atoms with van der Waals surface area (Å²) in [5, 5.41) is 8.53. The molecule has 1 heterocycles. The molecule has 15 heavy (non-hydrogen) atoms. The molecule has 0 saturated heterocycles. The molecule has 0 unspecified atom stereocenters. The second-order valence-corrected chi connectivity index (χ2v) is 3.47. The van der Waals surface area contributed by atoms with Gasteiger partial charge in [0.25, 0.3) is 0 Å². The molecule has 0 aromatic carbocycles. The van der Waals surface area contributed by atoms with Crippen molar-refractivity contribution in [2.75, 3.05) is 5.73 Å². The summed E-state index contributed by atoms with van der Waals surface area (Å²) in [5.74, 6) is -0.613. The summed E-state index contributed by atoms with van der Waals surface area (Å²) in [7, 11) is 0. The van der Waals surface area contributed by atoms with Gasteiger partial charge in [-0.1, -0.05) is 0 Å². The zero-order valence-corrected chi connectivity index (χ0v) is 9.13. The molecule has 8 heteroatoms. The first-order chi connectivity index (χ1) is 6.83. The van der Waals surface area contributed by atoms with Gasteiger partial charge >= 0.3 is 6.36 Å². The molecule has 1 aromatic heterocycles. The highest BCUT2D eigenvalue weighted by molar-refractivity contribution is 14.1. The van der Waals surface area contributed by atoms with Gasteiger partial charge in [-0.3, -0.25) is 0 Å². The fourth-order valence-corrected chi connectivity index (χ4v) is 1.32. The van der Waals surface area contributed by atoms with Crippen molar-refractivity contribution in [3.8, 4) is 11.8 Å². The molecule has 0 spiro atoms. The van der Waals surface area contributed by atoms with Crippen LogP contribution in [0.25, 0.3) is 0 Å². The largest absolute Gasteiger partial charge is 0.573 e. The monoisotopic (exact) mass is 329 g/mol. The SMILES string of the molecule is N#Cc1nc(I)cc(OC(F)(F)F)c1N. The van der Waals surface area contributed by atoms with Crippen LogP contribution in [-0.2, 0) is 0 Å². The number of hydrogen-bond donors (Lipinski definition) is 1. The number of rotatable bonds is 1. The fraction of sp³-hybridized carbons (Fsp3) is 0.143. The maximum absolute atomic E-state index is 11.9. The third kappa shape index (κ3) is 3.12. The Morgan fingerprint density at radius 2 is 2.13 bits per heavy atom. The van der Waals surface area contributed by atoms with E-state index in [2.05, 4.69) is 9.72 Å². The molecule has 2 N–H and O–H groups in total. The van der Waals surface area contributed by atoms with Crippen molar-refractivity contribution >= 4 is 28.3 Å². The maximum Gasteiger partial charge on any atom is 0.573 e. The second kappa shape index (κ2) is 4.09. The summed E-state index contributed by atoms with van der Waals surface area (Å²) < 4.78 is 39.5. The molecule has 4 nitrogen and oxygen atoms in total. The predicted octanol–water partition coefficient (Wildman–Crippen LogP) is 2.04. The molecule has 80 valence electrons. The van der Waals surface area contributed by atoms with Crippen LogP contribution in [0.2, 0.25) is 0 Å². The third-order valence-electron chi connectivity index (χ3n) is 1.32. The van der Waals surface area contributed by atoms with Crippen LogP contribution in [0.1, 0.15) is 5.69 Å². The van der Waals surface area contributed by atoms with Gasteiger partial charge in [-0.05, 0) is 22.6 Å². The molecular weight excluding hydrogens is 326 g/mol. The van der Waals surface area contributed by atoms with Gasteiger partial charge in [-0.2, -0.15) is 5.26 Å². The highest BCUT2D eigenvalue weighted by atomic mass is 127. The van der Waals surface area contributed by atoms with Gasteiger partial charge < -0.3 is 10.5 Å². The minimum Gasteiger partial charge on any atom is -0.403 e. The first kappa shape index (κ1) is 11.8. The summed E-state index contributed by atoms with van der Waals surface area (Å²) in [6, 6.07) is 2.58. The Balaban J connectivity index is 3.20. The lowest BCUT2D eigenvalue weighted by molar-refractivity contribution is -0.274. The molecule has 1 aromatic rings. The van der Waals surface area contributed by atoms with Gasteiger partial charge in [0.15, 0.2) is 11.4 Å². The van der Waals surface area contributed by atoms with E-state index in [1.54, 1.807) is 28.7 Å².